The molecule has 0 amide bonds. The molecule has 0 saturated heterocycles. The van der Waals surface area contributed by atoms with E-state index in [9.17, 15) is 0 Å². The SMILES string of the molecule is Cc1c(Br)c(C)c2ccccc2c1Br. The molecule has 0 spiro atoms. The van der Waals surface area contributed by atoms with E-state index < -0.39 is 0 Å². The molecule has 0 atom stereocenters. The van der Waals surface area contributed by atoms with Gasteiger partial charge in [-0.15, -0.1) is 0 Å². The van der Waals surface area contributed by atoms with Gasteiger partial charge in [0.05, 0.1) is 0 Å². The molecule has 2 rings (SSSR count). The minimum absolute atomic E-state index is 1.19. The van der Waals surface area contributed by atoms with Gasteiger partial charge >= 0.3 is 0 Å². The molecule has 0 radical (unpaired) electrons. The highest BCUT2D eigenvalue weighted by Crippen LogP contribution is 2.36. The molecular formula is C12H10Br2. The first kappa shape index (κ1) is 10.2. The van der Waals surface area contributed by atoms with Gasteiger partial charge in [-0.2, -0.15) is 0 Å². The summed E-state index contributed by atoms with van der Waals surface area (Å²) < 4.78 is 2.38. The maximum atomic E-state index is 3.64. The van der Waals surface area contributed by atoms with E-state index in [1.54, 1.807) is 0 Å². The third-order valence-corrected chi connectivity index (χ3v) is 4.77. The Labute approximate surface area is 101 Å². The van der Waals surface area contributed by atoms with E-state index in [1.165, 1.54) is 30.8 Å². The van der Waals surface area contributed by atoms with Gasteiger partial charge in [-0.25, -0.2) is 0 Å². The molecule has 0 fully saturated rings. The third kappa shape index (κ3) is 1.41. The normalized spacial score (nSPS) is 10.9. The van der Waals surface area contributed by atoms with Crippen LogP contribution in [0, 0.1) is 13.8 Å². The molecule has 0 saturated carbocycles. The number of hydrogen-bond acceptors (Lipinski definition) is 0. The second-order valence-corrected chi connectivity index (χ2v) is 5.01. The molecule has 2 aromatic rings. The molecule has 14 heavy (non-hydrogen) atoms. The van der Waals surface area contributed by atoms with Crippen LogP contribution in [0.5, 0.6) is 0 Å². The minimum Gasteiger partial charge on any atom is -0.0616 e. The highest BCUT2D eigenvalue weighted by molar-refractivity contribution is 9.11. The van der Waals surface area contributed by atoms with Crippen molar-refractivity contribution in [2.24, 2.45) is 0 Å². The largest absolute Gasteiger partial charge is 0.0616 e. The van der Waals surface area contributed by atoms with E-state index in [-0.39, 0.29) is 0 Å². The topological polar surface area (TPSA) is 0 Å². The smallest absolute Gasteiger partial charge is 0.0294 e. The molecule has 2 heteroatoms. The first-order valence-corrected chi connectivity index (χ1v) is 6.04. The van der Waals surface area contributed by atoms with E-state index >= 15 is 0 Å². The van der Waals surface area contributed by atoms with Crippen LogP contribution in [0.4, 0.5) is 0 Å². The lowest BCUT2D eigenvalue weighted by atomic mass is 10.0. The first-order chi connectivity index (χ1) is 6.63. The average Bonchev–Trinajstić information content (AvgIpc) is 2.23. The van der Waals surface area contributed by atoms with Crippen LogP contribution in [-0.4, -0.2) is 0 Å². The number of halogens is 2. The van der Waals surface area contributed by atoms with Gasteiger partial charge in [0.25, 0.3) is 0 Å². The summed E-state index contributed by atoms with van der Waals surface area (Å²) in [6.07, 6.45) is 0. The summed E-state index contributed by atoms with van der Waals surface area (Å²) in [4.78, 5) is 0. The van der Waals surface area contributed by atoms with Crippen LogP contribution < -0.4 is 0 Å². The number of aryl methyl sites for hydroxylation is 1. The highest BCUT2D eigenvalue weighted by Gasteiger charge is 2.09. The number of rotatable bonds is 0. The van der Waals surface area contributed by atoms with Crippen molar-refractivity contribution in [2.45, 2.75) is 13.8 Å². The van der Waals surface area contributed by atoms with Gasteiger partial charge in [0.2, 0.25) is 0 Å². The van der Waals surface area contributed by atoms with Crippen molar-refractivity contribution in [3.63, 3.8) is 0 Å². The zero-order chi connectivity index (χ0) is 10.3. The fraction of sp³-hybridized carbons (Fsp3) is 0.167. The van der Waals surface area contributed by atoms with Crippen molar-refractivity contribution >= 4 is 42.6 Å². The number of fused-ring (bicyclic) bond motifs is 1. The predicted molar refractivity (Wildman–Crippen MR) is 68.8 cm³/mol. The van der Waals surface area contributed by atoms with E-state index in [0.717, 1.165) is 0 Å². The standard InChI is InChI=1S/C12H10Br2/c1-7-9-5-3-4-6-10(9)12(14)8(2)11(7)13/h3-6H,1-2H3. The Hall–Kier alpha value is -0.340. The van der Waals surface area contributed by atoms with Gasteiger partial charge in [0, 0.05) is 8.95 Å². The number of hydrogen-bond donors (Lipinski definition) is 0. The van der Waals surface area contributed by atoms with E-state index in [1.807, 2.05) is 0 Å². The first-order valence-electron chi connectivity index (χ1n) is 4.46. The molecule has 72 valence electrons. The fourth-order valence-electron chi connectivity index (χ4n) is 1.70. The van der Waals surface area contributed by atoms with Gasteiger partial charge in [0.15, 0.2) is 0 Å². The van der Waals surface area contributed by atoms with Crippen molar-refractivity contribution in [3.05, 3.63) is 44.3 Å². The lowest BCUT2D eigenvalue weighted by Gasteiger charge is -2.10. The maximum absolute atomic E-state index is 3.64. The summed E-state index contributed by atoms with van der Waals surface area (Å²) in [5, 5.41) is 2.59. The predicted octanol–water partition coefficient (Wildman–Crippen LogP) is 4.98. The zero-order valence-corrected chi connectivity index (χ0v) is 11.2. The Bertz CT molecular complexity index is 455. The van der Waals surface area contributed by atoms with Gasteiger partial charge < -0.3 is 0 Å². The van der Waals surface area contributed by atoms with Crippen LogP contribution in [0.25, 0.3) is 10.8 Å². The van der Waals surface area contributed by atoms with Gasteiger partial charge in [-0.05, 0) is 51.7 Å². The molecular weight excluding hydrogens is 304 g/mol. The summed E-state index contributed by atoms with van der Waals surface area (Å²) in [5.74, 6) is 0. The quantitative estimate of drug-likeness (QED) is 0.643. The van der Waals surface area contributed by atoms with Crippen molar-refractivity contribution in [1.82, 2.24) is 0 Å². The van der Waals surface area contributed by atoms with E-state index in [4.69, 9.17) is 0 Å². The summed E-state index contributed by atoms with van der Waals surface area (Å²) >= 11 is 7.26. The van der Waals surface area contributed by atoms with Crippen LogP contribution in [0.2, 0.25) is 0 Å². The highest BCUT2D eigenvalue weighted by atomic mass is 79.9. The van der Waals surface area contributed by atoms with Crippen molar-refractivity contribution in [1.29, 1.82) is 0 Å². The lowest BCUT2D eigenvalue weighted by molar-refractivity contribution is 1.36. The van der Waals surface area contributed by atoms with Crippen molar-refractivity contribution in [3.8, 4) is 0 Å². The Balaban J connectivity index is 3.02. The summed E-state index contributed by atoms with van der Waals surface area (Å²) in [7, 11) is 0. The molecule has 0 bridgehead atoms. The Morgan fingerprint density at radius 3 is 2.00 bits per heavy atom. The molecule has 0 aliphatic carbocycles. The van der Waals surface area contributed by atoms with Gasteiger partial charge in [-0.1, -0.05) is 40.2 Å². The zero-order valence-electron chi connectivity index (χ0n) is 8.07. The van der Waals surface area contributed by atoms with Crippen LogP contribution in [0.3, 0.4) is 0 Å². The van der Waals surface area contributed by atoms with Crippen LogP contribution in [0.1, 0.15) is 11.1 Å². The average molecular weight is 314 g/mol. The molecule has 2 aromatic carbocycles. The second-order valence-electron chi connectivity index (χ2n) is 3.42. The maximum Gasteiger partial charge on any atom is 0.0294 e. The summed E-state index contributed by atoms with van der Waals surface area (Å²) in [5.41, 5.74) is 2.57. The molecule has 0 aromatic heterocycles. The number of benzene rings is 2. The van der Waals surface area contributed by atoms with Crippen LogP contribution >= 0.6 is 31.9 Å². The molecule has 0 N–H and O–H groups in total. The summed E-state index contributed by atoms with van der Waals surface area (Å²) in [6, 6.07) is 8.44. The molecule has 0 aliphatic heterocycles. The van der Waals surface area contributed by atoms with Crippen molar-refractivity contribution in [2.75, 3.05) is 0 Å². The second kappa shape index (κ2) is 3.67. The summed E-state index contributed by atoms with van der Waals surface area (Å²) in [6.45, 7) is 4.26. The van der Waals surface area contributed by atoms with Crippen LogP contribution in [0.15, 0.2) is 33.2 Å². The molecule has 0 nitrogen and oxygen atoms in total. The third-order valence-electron chi connectivity index (χ3n) is 2.56. The lowest BCUT2D eigenvalue weighted by Crippen LogP contribution is -1.87. The Kier molecular flexibility index (Phi) is 2.67. The minimum atomic E-state index is 1.19. The van der Waals surface area contributed by atoms with Crippen LogP contribution in [-0.2, 0) is 0 Å². The van der Waals surface area contributed by atoms with Gasteiger partial charge in [-0.3, -0.25) is 0 Å². The van der Waals surface area contributed by atoms with Gasteiger partial charge in [0.1, 0.15) is 0 Å². The fourth-order valence-corrected chi connectivity index (χ4v) is 2.92. The Morgan fingerprint density at radius 1 is 0.786 bits per heavy atom. The molecule has 0 aliphatic rings. The van der Waals surface area contributed by atoms with E-state index in [2.05, 4.69) is 70.0 Å². The van der Waals surface area contributed by atoms with Crippen molar-refractivity contribution < 1.29 is 0 Å². The van der Waals surface area contributed by atoms with E-state index in [0.29, 0.717) is 0 Å². The molecule has 0 unspecified atom stereocenters. The Morgan fingerprint density at radius 2 is 1.36 bits per heavy atom. The molecule has 0 heterocycles. The monoisotopic (exact) mass is 312 g/mol.